The summed E-state index contributed by atoms with van der Waals surface area (Å²) in [5, 5.41) is 3.60. The molecule has 2 aromatic rings. The number of rotatable bonds is 3. The average molecular weight is 273 g/mol. The second-order valence-corrected chi connectivity index (χ2v) is 4.15. The van der Waals surface area contributed by atoms with Crippen LogP contribution in [0.2, 0.25) is 0 Å². The highest BCUT2D eigenvalue weighted by Gasteiger charge is 2.11. The first-order chi connectivity index (χ1) is 6.75. The van der Waals surface area contributed by atoms with Crippen molar-refractivity contribution in [1.29, 1.82) is 0 Å². The Morgan fingerprint density at radius 2 is 2.43 bits per heavy atom. The van der Waals surface area contributed by atoms with E-state index in [1.54, 1.807) is 12.1 Å². The number of carbonyl (C=O) groups is 1. The van der Waals surface area contributed by atoms with Crippen molar-refractivity contribution in [3.63, 3.8) is 0 Å². The molecule has 0 atom stereocenters. The van der Waals surface area contributed by atoms with Gasteiger partial charge >= 0.3 is 0 Å². The van der Waals surface area contributed by atoms with Crippen LogP contribution >= 0.6 is 27.5 Å². The molecule has 0 spiro atoms. The zero-order valence-corrected chi connectivity index (χ0v) is 9.34. The van der Waals surface area contributed by atoms with Crippen LogP contribution in [0.5, 0.6) is 0 Å². The van der Waals surface area contributed by atoms with Crippen molar-refractivity contribution in [2.24, 2.45) is 0 Å². The van der Waals surface area contributed by atoms with Crippen LogP contribution in [0.25, 0.3) is 0 Å². The molecule has 2 rings (SSSR count). The van der Waals surface area contributed by atoms with E-state index >= 15 is 0 Å². The van der Waals surface area contributed by atoms with Gasteiger partial charge in [-0.05, 0) is 39.6 Å². The highest BCUT2D eigenvalue weighted by atomic mass is 79.9. The lowest BCUT2D eigenvalue weighted by molar-refractivity contribution is 0.0990. The van der Waals surface area contributed by atoms with Crippen LogP contribution in [0.3, 0.4) is 0 Å². The van der Waals surface area contributed by atoms with Gasteiger partial charge in [0.15, 0.2) is 10.5 Å². The van der Waals surface area contributed by atoms with Crippen LogP contribution in [-0.2, 0) is 6.42 Å². The first kappa shape index (κ1) is 9.54. The third kappa shape index (κ3) is 2.08. The summed E-state index contributed by atoms with van der Waals surface area (Å²) < 4.78 is 9.46. The molecule has 0 saturated heterocycles. The summed E-state index contributed by atoms with van der Waals surface area (Å²) in [7, 11) is 0. The Morgan fingerprint density at radius 1 is 1.57 bits per heavy atom. The Morgan fingerprint density at radius 3 is 3.00 bits per heavy atom. The third-order valence-corrected chi connectivity index (χ3v) is 2.73. The SMILES string of the molecule is O=C(Cc1ccc(Br)o1)c1cnns1. The van der Waals surface area contributed by atoms with Gasteiger partial charge in [0.25, 0.3) is 0 Å². The van der Waals surface area contributed by atoms with E-state index in [2.05, 4.69) is 25.5 Å². The summed E-state index contributed by atoms with van der Waals surface area (Å²) in [6.07, 6.45) is 1.71. The fourth-order valence-electron chi connectivity index (χ4n) is 0.982. The summed E-state index contributed by atoms with van der Waals surface area (Å²) in [5.74, 6) is 0.608. The van der Waals surface area contributed by atoms with Crippen molar-refractivity contribution in [3.05, 3.63) is 33.6 Å². The summed E-state index contributed by atoms with van der Waals surface area (Å²) in [6.45, 7) is 0. The van der Waals surface area contributed by atoms with Crippen molar-refractivity contribution in [1.82, 2.24) is 9.59 Å². The Hall–Kier alpha value is -1.01. The van der Waals surface area contributed by atoms with Gasteiger partial charge in [0, 0.05) is 0 Å². The zero-order chi connectivity index (χ0) is 9.97. The molecular formula is C8H5BrN2O2S. The fraction of sp³-hybridized carbons (Fsp3) is 0.125. The van der Waals surface area contributed by atoms with E-state index in [-0.39, 0.29) is 12.2 Å². The van der Waals surface area contributed by atoms with E-state index in [1.165, 1.54) is 6.20 Å². The van der Waals surface area contributed by atoms with E-state index in [9.17, 15) is 4.79 Å². The largest absolute Gasteiger partial charge is 0.454 e. The summed E-state index contributed by atoms with van der Waals surface area (Å²) in [5.41, 5.74) is 0. The molecule has 4 nitrogen and oxygen atoms in total. The maximum atomic E-state index is 11.5. The Balaban J connectivity index is 2.09. The standard InChI is InChI=1S/C8H5BrN2O2S/c9-8-2-1-5(13-8)3-6(12)7-4-10-11-14-7/h1-2,4H,3H2. The number of ketones is 1. The number of nitrogens with zero attached hydrogens (tertiary/aromatic N) is 2. The second kappa shape index (κ2) is 4.02. The number of hydrogen-bond donors (Lipinski definition) is 0. The molecule has 0 aliphatic carbocycles. The van der Waals surface area contributed by atoms with Gasteiger partial charge in [-0.25, -0.2) is 0 Å². The minimum absolute atomic E-state index is 0.0261. The summed E-state index contributed by atoms with van der Waals surface area (Å²) in [4.78, 5) is 12.1. The van der Waals surface area contributed by atoms with Crippen molar-refractivity contribution >= 4 is 33.2 Å². The van der Waals surface area contributed by atoms with Gasteiger partial charge in [-0.2, -0.15) is 0 Å². The topological polar surface area (TPSA) is 56.0 Å². The van der Waals surface area contributed by atoms with Crippen LogP contribution in [0, 0.1) is 0 Å². The average Bonchev–Trinajstić information content (AvgIpc) is 2.75. The van der Waals surface area contributed by atoms with E-state index in [0.29, 0.717) is 15.3 Å². The molecule has 0 aliphatic rings. The lowest BCUT2D eigenvalue weighted by atomic mass is 10.2. The van der Waals surface area contributed by atoms with Gasteiger partial charge in [0.1, 0.15) is 10.6 Å². The normalized spacial score (nSPS) is 10.4. The lowest BCUT2D eigenvalue weighted by Crippen LogP contribution is -1.99. The molecule has 72 valence electrons. The first-order valence-corrected chi connectivity index (χ1v) is 5.37. The van der Waals surface area contributed by atoms with E-state index in [1.807, 2.05) is 0 Å². The van der Waals surface area contributed by atoms with Crippen LogP contribution in [0.4, 0.5) is 0 Å². The Kier molecular flexibility index (Phi) is 2.74. The first-order valence-electron chi connectivity index (χ1n) is 3.80. The maximum absolute atomic E-state index is 11.5. The molecule has 0 N–H and O–H groups in total. The van der Waals surface area contributed by atoms with Gasteiger partial charge < -0.3 is 4.42 Å². The number of furan rings is 1. The van der Waals surface area contributed by atoms with Crippen LogP contribution < -0.4 is 0 Å². The number of halogens is 1. The van der Waals surface area contributed by atoms with Gasteiger partial charge in [-0.15, -0.1) is 5.10 Å². The molecule has 2 aromatic heterocycles. The maximum Gasteiger partial charge on any atom is 0.183 e. The van der Waals surface area contributed by atoms with Gasteiger partial charge in [0.2, 0.25) is 0 Å². The van der Waals surface area contributed by atoms with E-state index < -0.39 is 0 Å². The van der Waals surface area contributed by atoms with Crippen molar-refractivity contribution in [3.8, 4) is 0 Å². The number of hydrogen-bond acceptors (Lipinski definition) is 5. The smallest absolute Gasteiger partial charge is 0.183 e. The molecule has 14 heavy (non-hydrogen) atoms. The monoisotopic (exact) mass is 272 g/mol. The molecule has 0 amide bonds. The van der Waals surface area contributed by atoms with Crippen LogP contribution in [-0.4, -0.2) is 15.4 Å². The second-order valence-electron chi connectivity index (χ2n) is 2.59. The quantitative estimate of drug-likeness (QED) is 0.805. The molecule has 0 saturated carbocycles. The van der Waals surface area contributed by atoms with Gasteiger partial charge in [-0.1, -0.05) is 4.49 Å². The molecule has 0 unspecified atom stereocenters. The van der Waals surface area contributed by atoms with Crippen molar-refractivity contribution in [2.45, 2.75) is 6.42 Å². The van der Waals surface area contributed by atoms with Crippen LogP contribution in [0.15, 0.2) is 27.4 Å². The van der Waals surface area contributed by atoms with Crippen LogP contribution in [0.1, 0.15) is 15.4 Å². The third-order valence-electron chi connectivity index (χ3n) is 1.60. The molecule has 0 radical (unpaired) electrons. The number of Topliss-reactive ketones (excluding diaryl/α,β-unsaturated/α-hetero) is 1. The lowest BCUT2D eigenvalue weighted by Gasteiger charge is -1.91. The van der Waals surface area contributed by atoms with Gasteiger partial charge in [-0.3, -0.25) is 4.79 Å². The van der Waals surface area contributed by atoms with Crippen molar-refractivity contribution in [2.75, 3.05) is 0 Å². The minimum atomic E-state index is -0.0261. The van der Waals surface area contributed by atoms with E-state index in [0.717, 1.165) is 11.5 Å². The Labute approximate surface area is 92.2 Å². The van der Waals surface area contributed by atoms with Crippen molar-refractivity contribution < 1.29 is 9.21 Å². The highest BCUT2D eigenvalue weighted by molar-refractivity contribution is 9.10. The molecule has 0 aliphatic heterocycles. The molecular weight excluding hydrogens is 268 g/mol. The summed E-state index contributed by atoms with van der Waals surface area (Å²) >= 11 is 4.26. The molecule has 2 heterocycles. The molecule has 0 fully saturated rings. The minimum Gasteiger partial charge on any atom is -0.454 e. The predicted molar refractivity (Wildman–Crippen MR) is 54.4 cm³/mol. The number of aromatic nitrogens is 2. The number of carbonyl (C=O) groups excluding carboxylic acids is 1. The highest BCUT2D eigenvalue weighted by Crippen LogP contribution is 2.16. The summed E-state index contributed by atoms with van der Waals surface area (Å²) in [6, 6.07) is 3.52. The molecule has 0 bridgehead atoms. The Bertz CT molecular complexity index is 438. The van der Waals surface area contributed by atoms with E-state index in [4.69, 9.17) is 4.42 Å². The predicted octanol–water partition coefficient (Wildman–Crippen LogP) is 2.32. The molecule has 0 aromatic carbocycles. The van der Waals surface area contributed by atoms with Gasteiger partial charge in [0.05, 0.1) is 12.6 Å². The molecule has 6 heteroatoms. The zero-order valence-electron chi connectivity index (χ0n) is 6.94. The fourth-order valence-corrected chi connectivity index (χ4v) is 1.77.